The highest BCUT2D eigenvalue weighted by Crippen LogP contribution is 2.41. The first-order chi connectivity index (χ1) is 8.79. The molecule has 1 aromatic rings. The number of nitrogens with zero attached hydrogens (tertiary/aromatic N) is 1. The van der Waals surface area contributed by atoms with Crippen molar-refractivity contribution in [3.8, 4) is 0 Å². The maximum atomic E-state index is 9.43. The number of hydrogen-bond acceptors (Lipinski definition) is 2. The number of rotatable bonds is 4. The SMILES string of the molecule is CC(CO)C1CN(CC2CCC2)c2ccccc21. The predicted octanol–water partition coefficient (Wildman–Crippen LogP) is 3.02. The van der Waals surface area contributed by atoms with Crippen LogP contribution in [0.25, 0.3) is 0 Å². The molecule has 0 amide bonds. The minimum atomic E-state index is 0.288. The molecule has 1 heterocycles. The van der Waals surface area contributed by atoms with Crippen LogP contribution in [0.4, 0.5) is 5.69 Å². The standard InChI is InChI=1S/C16H23NO/c1-12(11-18)15-10-17(9-13-5-4-6-13)16-8-3-2-7-14(15)16/h2-3,7-8,12-13,15,18H,4-6,9-11H2,1H3. The number of para-hydroxylation sites is 1. The highest BCUT2D eigenvalue weighted by atomic mass is 16.3. The van der Waals surface area contributed by atoms with Crippen LogP contribution in [-0.2, 0) is 0 Å². The van der Waals surface area contributed by atoms with E-state index in [0.717, 1.165) is 12.5 Å². The molecule has 1 saturated carbocycles. The second-order valence-corrected chi connectivity index (χ2v) is 6.03. The van der Waals surface area contributed by atoms with Gasteiger partial charge in [0.1, 0.15) is 0 Å². The maximum Gasteiger partial charge on any atom is 0.0463 e. The molecule has 18 heavy (non-hydrogen) atoms. The van der Waals surface area contributed by atoms with Gasteiger partial charge in [0.15, 0.2) is 0 Å². The fourth-order valence-corrected chi connectivity index (χ4v) is 3.30. The van der Waals surface area contributed by atoms with Crippen LogP contribution in [0.3, 0.4) is 0 Å². The Morgan fingerprint density at radius 1 is 1.33 bits per heavy atom. The molecule has 2 atom stereocenters. The van der Waals surface area contributed by atoms with Gasteiger partial charge in [0, 0.05) is 31.3 Å². The van der Waals surface area contributed by atoms with Crippen molar-refractivity contribution in [2.75, 3.05) is 24.6 Å². The number of benzene rings is 1. The van der Waals surface area contributed by atoms with Gasteiger partial charge >= 0.3 is 0 Å². The molecule has 2 aliphatic rings. The average molecular weight is 245 g/mol. The summed E-state index contributed by atoms with van der Waals surface area (Å²) in [6.45, 7) is 4.76. The van der Waals surface area contributed by atoms with Crippen molar-refractivity contribution in [1.82, 2.24) is 0 Å². The summed E-state index contributed by atoms with van der Waals surface area (Å²) < 4.78 is 0. The lowest BCUT2D eigenvalue weighted by atomic mass is 9.85. The molecule has 0 aromatic heterocycles. The van der Waals surface area contributed by atoms with E-state index in [2.05, 4.69) is 36.1 Å². The zero-order chi connectivity index (χ0) is 12.5. The largest absolute Gasteiger partial charge is 0.396 e. The van der Waals surface area contributed by atoms with Crippen LogP contribution >= 0.6 is 0 Å². The van der Waals surface area contributed by atoms with E-state index in [1.807, 2.05) is 0 Å². The lowest BCUT2D eigenvalue weighted by molar-refractivity contribution is 0.218. The zero-order valence-electron chi connectivity index (χ0n) is 11.2. The topological polar surface area (TPSA) is 23.5 Å². The Labute approximate surface area is 110 Å². The van der Waals surface area contributed by atoms with Gasteiger partial charge < -0.3 is 10.0 Å². The van der Waals surface area contributed by atoms with Crippen LogP contribution in [-0.4, -0.2) is 24.8 Å². The Morgan fingerprint density at radius 3 is 2.78 bits per heavy atom. The molecule has 1 aliphatic carbocycles. The molecule has 0 spiro atoms. The fourth-order valence-electron chi connectivity index (χ4n) is 3.30. The van der Waals surface area contributed by atoms with Crippen LogP contribution in [0.5, 0.6) is 0 Å². The number of fused-ring (bicyclic) bond motifs is 1. The van der Waals surface area contributed by atoms with E-state index in [0.29, 0.717) is 11.8 Å². The first-order valence-electron chi connectivity index (χ1n) is 7.24. The molecule has 1 N–H and O–H groups in total. The Balaban J connectivity index is 1.81. The van der Waals surface area contributed by atoms with Gasteiger partial charge in [0.25, 0.3) is 0 Å². The summed E-state index contributed by atoms with van der Waals surface area (Å²) in [5.74, 6) is 1.77. The fraction of sp³-hybridized carbons (Fsp3) is 0.625. The van der Waals surface area contributed by atoms with E-state index in [1.54, 1.807) is 0 Å². The third-order valence-electron chi connectivity index (χ3n) is 4.77. The van der Waals surface area contributed by atoms with Crippen molar-refractivity contribution in [2.24, 2.45) is 11.8 Å². The number of anilines is 1. The minimum absolute atomic E-state index is 0.288. The number of aliphatic hydroxyl groups is 1. The molecule has 1 fully saturated rings. The molecule has 2 nitrogen and oxygen atoms in total. The molecule has 0 saturated heterocycles. The molecule has 98 valence electrons. The molecule has 0 radical (unpaired) electrons. The quantitative estimate of drug-likeness (QED) is 0.881. The molecule has 2 heteroatoms. The normalized spacial score (nSPS) is 24.8. The second-order valence-electron chi connectivity index (χ2n) is 6.03. The van der Waals surface area contributed by atoms with E-state index in [1.165, 1.54) is 37.1 Å². The Hall–Kier alpha value is -1.02. The monoisotopic (exact) mass is 245 g/mol. The smallest absolute Gasteiger partial charge is 0.0463 e. The summed E-state index contributed by atoms with van der Waals surface area (Å²) >= 11 is 0. The lowest BCUT2D eigenvalue weighted by Gasteiger charge is -2.32. The summed E-state index contributed by atoms with van der Waals surface area (Å²) in [5, 5.41) is 9.43. The molecule has 1 aliphatic heterocycles. The summed E-state index contributed by atoms with van der Waals surface area (Å²) in [6.07, 6.45) is 4.22. The third-order valence-corrected chi connectivity index (χ3v) is 4.77. The van der Waals surface area contributed by atoms with Gasteiger partial charge in [-0.25, -0.2) is 0 Å². The van der Waals surface area contributed by atoms with Crippen molar-refractivity contribution in [2.45, 2.75) is 32.1 Å². The van der Waals surface area contributed by atoms with Crippen molar-refractivity contribution < 1.29 is 5.11 Å². The van der Waals surface area contributed by atoms with E-state index in [-0.39, 0.29) is 6.61 Å². The van der Waals surface area contributed by atoms with E-state index < -0.39 is 0 Å². The van der Waals surface area contributed by atoms with Gasteiger partial charge in [-0.3, -0.25) is 0 Å². The highest BCUT2D eigenvalue weighted by molar-refractivity contribution is 5.60. The highest BCUT2D eigenvalue weighted by Gasteiger charge is 2.33. The van der Waals surface area contributed by atoms with Crippen LogP contribution in [0.15, 0.2) is 24.3 Å². The van der Waals surface area contributed by atoms with Gasteiger partial charge in [-0.2, -0.15) is 0 Å². The number of aliphatic hydroxyl groups excluding tert-OH is 1. The summed E-state index contributed by atoms with van der Waals surface area (Å²) in [5.41, 5.74) is 2.85. The van der Waals surface area contributed by atoms with Crippen LogP contribution < -0.4 is 4.90 Å². The third kappa shape index (κ3) is 2.03. The molecular formula is C16H23NO. The Kier molecular flexibility index (Phi) is 3.29. The second kappa shape index (κ2) is 4.93. The van der Waals surface area contributed by atoms with Crippen LogP contribution in [0, 0.1) is 11.8 Å². The summed E-state index contributed by atoms with van der Waals surface area (Å²) in [4.78, 5) is 2.55. The van der Waals surface area contributed by atoms with Crippen molar-refractivity contribution in [3.05, 3.63) is 29.8 Å². The van der Waals surface area contributed by atoms with E-state index in [9.17, 15) is 5.11 Å². The Bertz CT molecular complexity index is 413. The van der Waals surface area contributed by atoms with Crippen molar-refractivity contribution in [1.29, 1.82) is 0 Å². The van der Waals surface area contributed by atoms with Gasteiger partial charge in [-0.05, 0) is 36.3 Å². The van der Waals surface area contributed by atoms with Gasteiger partial charge in [0.2, 0.25) is 0 Å². The molecule has 0 bridgehead atoms. The van der Waals surface area contributed by atoms with Crippen LogP contribution in [0.1, 0.15) is 37.7 Å². The van der Waals surface area contributed by atoms with Gasteiger partial charge in [-0.1, -0.05) is 31.5 Å². The predicted molar refractivity (Wildman–Crippen MR) is 75.0 cm³/mol. The average Bonchev–Trinajstić information content (AvgIpc) is 2.72. The van der Waals surface area contributed by atoms with E-state index >= 15 is 0 Å². The first kappa shape index (κ1) is 12.0. The summed E-state index contributed by atoms with van der Waals surface area (Å²) in [6, 6.07) is 8.76. The van der Waals surface area contributed by atoms with Gasteiger partial charge in [0.05, 0.1) is 0 Å². The molecule has 1 aromatic carbocycles. The minimum Gasteiger partial charge on any atom is -0.396 e. The number of hydrogen-bond donors (Lipinski definition) is 1. The first-order valence-corrected chi connectivity index (χ1v) is 7.24. The molecule has 3 rings (SSSR count). The molecular weight excluding hydrogens is 222 g/mol. The van der Waals surface area contributed by atoms with Crippen LogP contribution in [0.2, 0.25) is 0 Å². The maximum absolute atomic E-state index is 9.43. The lowest BCUT2D eigenvalue weighted by Crippen LogP contribution is -2.32. The Morgan fingerprint density at radius 2 is 2.11 bits per heavy atom. The summed E-state index contributed by atoms with van der Waals surface area (Å²) in [7, 11) is 0. The van der Waals surface area contributed by atoms with Crippen molar-refractivity contribution >= 4 is 5.69 Å². The van der Waals surface area contributed by atoms with Crippen molar-refractivity contribution in [3.63, 3.8) is 0 Å². The van der Waals surface area contributed by atoms with Gasteiger partial charge in [-0.15, -0.1) is 0 Å². The zero-order valence-corrected chi connectivity index (χ0v) is 11.2. The van der Waals surface area contributed by atoms with E-state index in [4.69, 9.17) is 0 Å². The molecule has 2 unspecified atom stereocenters.